The van der Waals surface area contributed by atoms with E-state index in [-0.39, 0.29) is 18.1 Å². The number of nitrogens with zero attached hydrogens (tertiary/aromatic N) is 4. The van der Waals surface area contributed by atoms with Gasteiger partial charge >= 0.3 is 6.09 Å². The molecule has 3 N–H and O–H groups in total. The zero-order chi connectivity index (χ0) is 25.1. The number of fused-ring (bicyclic) bond motifs is 1. The number of para-hydroxylation sites is 1. The maximum atomic E-state index is 13.2. The molecule has 190 valence electrons. The lowest BCUT2D eigenvalue weighted by molar-refractivity contribution is 0.102. The van der Waals surface area contributed by atoms with Gasteiger partial charge in [-0.1, -0.05) is 6.07 Å². The van der Waals surface area contributed by atoms with Crippen molar-refractivity contribution in [2.45, 2.75) is 51.2 Å². The molecule has 2 aliphatic heterocycles. The summed E-state index contributed by atoms with van der Waals surface area (Å²) in [5.74, 6) is 0.808. The molecule has 0 radical (unpaired) electrons. The number of hydrogen-bond donors (Lipinski definition) is 3. The molecular formula is C26H32N6O4. The number of likely N-dealkylation sites (tertiary alicyclic amines) is 1. The second-order valence-electron chi connectivity index (χ2n) is 9.51. The van der Waals surface area contributed by atoms with E-state index >= 15 is 0 Å². The number of ether oxygens (including phenoxy) is 1. The lowest BCUT2D eigenvalue weighted by atomic mass is 10.1. The number of nitrogens with one attached hydrogen (secondary N) is 2. The van der Waals surface area contributed by atoms with Gasteiger partial charge in [0, 0.05) is 30.5 Å². The fourth-order valence-corrected chi connectivity index (χ4v) is 5.11. The SMILES string of the molecule is Cc1cc(C(=O)Nc2nc3cccc(OC4CCNCC4)c3n2C2CCCCN(C(=O)O)C2)ccn1. The van der Waals surface area contributed by atoms with Crippen LogP contribution in [0.3, 0.4) is 0 Å². The Labute approximate surface area is 209 Å². The van der Waals surface area contributed by atoms with Crippen molar-refractivity contribution >= 4 is 29.0 Å². The number of carbonyl (C=O) groups is 2. The fourth-order valence-electron chi connectivity index (χ4n) is 5.11. The van der Waals surface area contributed by atoms with Gasteiger partial charge in [0.15, 0.2) is 0 Å². The van der Waals surface area contributed by atoms with Gasteiger partial charge in [-0.25, -0.2) is 9.78 Å². The summed E-state index contributed by atoms with van der Waals surface area (Å²) >= 11 is 0. The van der Waals surface area contributed by atoms with Gasteiger partial charge < -0.3 is 24.6 Å². The van der Waals surface area contributed by atoms with Crippen LogP contribution in [0.25, 0.3) is 11.0 Å². The third kappa shape index (κ3) is 5.13. The van der Waals surface area contributed by atoms with Gasteiger partial charge in [-0.15, -0.1) is 0 Å². The highest BCUT2D eigenvalue weighted by Crippen LogP contribution is 2.36. The zero-order valence-corrected chi connectivity index (χ0v) is 20.4. The smallest absolute Gasteiger partial charge is 0.407 e. The third-order valence-electron chi connectivity index (χ3n) is 6.92. The Bertz CT molecular complexity index is 1250. The Hall–Kier alpha value is -3.66. The summed E-state index contributed by atoms with van der Waals surface area (Å²) in [6, 6.07) is 8.95. The average molecular weight is 493 g/mol. The molecule has 0 bridgehead atoms. The normalized spacial score (nSPS) is 19.1. The van der Waals surface area contributed by atoms with Crippen LogP contribution < -0.4 is 15.4 Å². The van der Waals surface area contributed by atoms with Crippen LogP contribution in [0.2, 0.25) is 0 Å². The second kappa shape index (κ2) is 10.5. The van der Waals surface area contributed by atoms with Gasteiger partial charge in [-0.2, -0.15) is 0 Å². The number of pyridine rings is 1. The molecule has 10 nitrogen and oxygen atoms in total. The summed E-state index contributed by atoms with van der Waals surface area (Å²) < 4.78 is 8.46. The molecule has 0 aliphatic carbocycles. The van der Waals surface area contributed by atoms with Crippen molar-refractivity contribution in [3.8, 4) is 5.75 Å². The number of rotatable bonds is 5. The summed E-state index contributed by atoms with van der Waals surface area (Å²) in [6.45, 7) is 4.46. The van der Waals surface area contributed by atoms with E-state index in [0.717, 1.165) is 56.4 Å². The lowest BCUT2D eigenvalue weighted by Crippen LogP contribution is -2.35. The maximum Gasteiger partial charge on any atom is 0.407 e. The molecule has 0 saturated carbocycles. The average Bonchev–Trinajstić information content (AvgIpc) is 3.06. The molecule has 0 spiro atoms. The highest BCUT2D eigenvalue weighted by molar-refractivity contribution is 6.04. The molecule has 36 heavy (non-hydrogen) atoms. The molecule has 2 saturated heterocycles. The highest BCUT2D eigenvalue weighted by atomic mass is 16.5. The van der Waals surface area contributed by atoms with Crippen LogP contribution in [-0.4, -0.2) is 68.8 Å². The first-order valence-corrected chi connectivity index (χ1v) is 12.6. The molecule has 1 unspecified atom stereocenters. The number of piperidine rings is 1. The largest absolute Gasteiger partial charge is 0.488 e. The number of imidazole rings is 1. The van der Waals surface area contributed by atoms with Crippen LogP contribution >= 0.6 is 0 Å². The Morgan fingerprint density at radius 1 is 1.17 bits per heavy atom. The van der Waals surface area contributed by atoms with Crippen LogP contribution in [0.1, 0.15) is 54.2 Å². The number of aromatic nitrogens is 3. The first-order chi connectivity index (χ1) is 17.5. The minimum Gasteiger partial charge on any atom is -0.488 e. The Balaban J connectivity index is 1.57. The number of amides is 2. The Morgan fingerprint density at radius 3 is 2.78 bits per heavy atom. The van der Waals surface area contributed by atoms with Gasteiger partial charge in [0.25, 0.3) is 5.91 Å². The summed E-state index contributed by atoms with van der Waals surface area (Å²) in [5.41, 5.74) is 2.72. The maximum absolute atomic E-state index is 13.2. The van der Waals surface area contributed by atoms with Crippen molar-refractivity contribution in [3.63, 3.8) is 0 Å². The predicted octanol–water partition coefficient (Wildman–Crippen LogP) is 3.83. The second-order valence-corrected chi connectivity index (χ2v) is 9.51. The van der Waals surface area contributed by atoms with Gasteiger partial charge in [-0.3, -0.25) is 15.1 Å². The summed E-state index contributed by atoms with van der Waals surface area (Å²) in [7, 11) is 0. The van der Waals surface area contributed by atoms with Crippen LogP contribution in [0.15, 0.2) is 36.5 Å². The summed E-state index contributed by atoms with van der Waals surface area (Å²) in [5, 5.41) is 16.1. The molecule has 4 heterocycles. The molecule has 10 heteroatoms. The highest BCUT2D eigenvalue weighted by Gasteiger charge is 2.29. The van der Waals surface area contributed by atoms with Crippen molar-refractivity contribution in [2.24, 2.45) is 0 Å². The molecule has 1 aromatic carbocycles. The number of benzene rings is 1. The molecule has 3 aromatic rings. The van der Waals surface area contributed by atoms with Gasteiger partial charge in [0.2, 0.25) is 5.95 Å². The van der Waals surface area contributed by atoms with Crippen LogP contribution in [0, 0.1) is 6.92 Å². The quantitative estimate of drug-likeness (QED) is 0.495. The first kappa shape index (κ1) is 24.1. The third-order valence-corrected chi connectivity index (χ3v) is 6.92. The molecule has 2 amide bonds. The standard InChI is InChI=1S/C26H32N6O4/c1-17-15-18(8-13-28-17)24(33)30-25-29-21-6-4-7-22(36-20-9-11-27-12-10-20)23(21)32(25)19-5-2-3-14-31(16-19)26(34)35/h4,6-8,13,15,19-20,27H,2-3,5,9-12,14,16H2,1H3,(H,34,35)(H,29,30,33). The van der Waals surface area contributed by atoms with E-state index in [1.165, 1.54) is 4.90 Å². The van der Waals surface area contributed by atoms with Crippen molar-refractivity contribution in [3.05, 3.63) is 47.8 Å². The molecule has 2 aromatic heterocycles. The van der Waals surface area contributed by atoms with Crippen molar-refractivity contribution in [2.75, 3.05) is 31.5 Å². The fraction of sp³-hybridized carbons (Fsp3) is 0.462. The van der Waals surface area contributed by atoms with E-state index in [0.29, 0.717) is 35.9 Å². The minimum atomic E-state index is -0.935. The van der Waals surface area contributed by atoms with E-state index in [2.05, 4.69) is 15.6 Å². The Kier molecular flexibility index (Phi) is 7.04. The van der Waals surface area contributed by atoms with E-state index in [1.807, 2.05) is 29.7 Å². The first-order valence-electron chi connectivity index (χ1n) is 12.6. The van der Waals surface area contributed by atoms with Crippen molar-refractivity contribution in [1.82, 2.24) is 24.8 Å². The van der Waals surface area contributed by atoms with E-state index in [4.69, 9.17) is 9.72 Å². The van der Waals surface area contributed by atoms with E-state index in [1.54, 1.807) is 18.3 Å². The van der Waals surface area contributed by atoms with Crippen LogP contribution in [-0.2, 0) is 0 Å². The molecule has 2 fully saturated rings. The Morgan fingerprint density at radius 2 is 2.00 bits per heavy atom. The molecule has 2 aliphatic rings. The summed E-state index contributed by atoms with van der Waals surface area (Å²) in [6.07, 6.45) is 5.02. The topological polar surface area (TPSA) is 122 Å². The van der Waals surface area contributed by atoms with Crippen molar-refractivity contribution in [1.29, 1.82) is 0 Å². The van der Waals surface area contributed by atoms with E-state index in [9.17, 15) is 14.7 Å². The number of anilines is 1. The molecular weight excluding hydrogens is 460 g/mol. The molecule has 1 atom stereocenters. The number of aryl methyl sites for hydroxylation is 1. The molecule has 5 rings (SSSR count). The van der Waals surface area contributed by atoms with Crippen LogP contribution in [0.4, 0.5) is 10.7 Å². The van der Waals surface area contributed by atoms with Gasteiger partial charge in [0.05, 0.1) is 11.6 Å². The van der Waals surface area contributed by atoms with Crippen molar-refractivity contribution < 1.29 is 19.4 Å². The van der Waals surface area contributed by atoms with Crippen LogP contribution in [0.5, 0.6) is 5.75 Å². The monoisotopic (exact) mass is 492 g/mol. The zero-order valence-electron chi connectivity index (χ0n) is 20.4. The van der Waals surface area contributed by atoms with E-state index < -0.39 is 6.09 Å². The predicted molar refractivity (Wildman–Crippen MR) is 136 cm³/mol. The lowest BCUT2D eigenvalue weighted by Gasteiger charge is -2.27. The number of carbonyl (C=O) groups excluding carboxylic acids is 1. The number of carboxylic acid groups (broad SMARTS) is 1. The van der Waals surface area contributed by atoms with Gasteiger partial charge in [0.1, 0.15) is 17.4 Å². The summed E-state index contributed by atoms with van der Waals surface area (Å²) in [4.78, 5) is 35.5. The minimum absolute atomic E-state index is 0.0858. The number of hydrogen-bond acceptors (Lipinski definition) is 6. The van der Waals surface area contributed by atoms with Gasteiger partial charge in [-0.05, 0) is 76.4 Å².